The van der Waals surface area contributed by atoms with E-state index in [2.05, 4.69) is 5.32 Å². The van der Waals surface area contributed by atoms with Crippen LogP contribution in [0.15, 0.2) is 18.2 Å². The molecule has 0 aromatic heterocycles. The molecule has 1 aromatic carbocycles. The zero-order valence-corrected chi connectivity index (χ0v) is 12.2. The van der Waals surface area contributed by atoms with Crippen molar-refractivity contribution in [3.05, 3.63) is 28.8 Å². The molecule has 2 fully saturated rings. The Morgan fingerprint density at radius 2 is 1.95 bits per heavy atom. The number of nitrogens with one attached hydrogen (secondary N) is 1. The summed E-state index contributed by atoms with van der Waals surface area (Å²) in [5.41, 5.74) is -0.786. The molecule has 3 rings (SSSR count). The Hall–Kier alpha value is -0.940. The fourth-order valence-corrected chi connectivity index (χ4v) is 3.10. The van der Waals surface area contributed by atoms with Gasteiger partial charge in [0.15, 0.2) is 0 Å². The first kappa shape index (κ1) is 15.0. The van der Waals surface area contributed by atoms with Crippen LogP contribution in [0.1, 0.15) is 24.8 Å². The van der Waals surface area contributed by atoms with Crippen molar-refractivity contribution in [3.63, 3.8) is 0 Å². The first-order valence-corrected chi connectivity index (χ1v) is 7.57. The molecule has 1 aliphatic carbocycles. The molecule has 1 saturated heterocycles. The van der Waals surface area contributed by atoms with Crippen LogP contribution in [0.4, 0.5) is 13.2 Å². The lowest BCUT2D eigenvalue weighted by molar-refractivity contribution is -0.139. The summed E-state index contributed by atoms with van der Waals surface area (Å²) in [6.07, 6.45) is -1.56. The lowest BCUT2D eigenvalue weighted by Gasteiger charge is -2.26. The Morgan fingerprint density at radius 3 is 2.52 bits per heavy atom. The summed E-state index contributed by atoms with van der Waals surface area (Å²) in [4.78, 5) is 0. The molecule has 1 saturated carbocycles. The van der Waals surface area contributed by atoms with Gasteiger partial charge in [0.25, 0.3) is 0 Å². The van der Waals surface area contributed by atoms with Crippen molar-refractivity contribution in [1.82, 2.24) is 5.32 Å². The maximum absolute atomic E-state index is 13.1. The molecule has 21 heavy (non-hydrogen) atoms. The van der Waals surface area contributed by atoms with Gasteiger partial charge in [-0.25, -0.2) is 0 Å². The third-order valence-electron chi connectivity index (χ3n) is 4.16. The molecule has 1 unspecified atom stereocenters. The number of hydrogen-bond acceptors (Lipinski definition) is 2. The largest absolute Gasteiger partial charge is 0.489 e. The Bertz CT molecular complexity index is 510. The van der Waals surface area contributed by atoms with E-state index in [0.717, 1.165) is 38.4 Å². The van der Waals surface area contributed by atoms with Gasteiger partial charge in [0.1, 0.15) is 11.9 Å². The molecule has 1 heterocycles. The quantitative estimate of drug-likeness (QED) is 0.901. The van der Waals surface area contributed by atoms with Crippen LogP contribution in [0, 0.1) is 11.8 Å². The van der Waals surface area contributed by atoms with Gasteiger partial charge in [-0.1, -0.05) is 11.6 Å². The number of ether oxygens (including phenoxy) is 1. The van der Waals surface area contributed by atoms with Crippen LogP contribution in [0.25, 0.3) is 0 Å². The van der Waals surface area contributed by atoms with E-state index in [1.807, 2.05) is 0 Å². The molecule has 2 nitrogen and oxygen atoms in total. The summed E-state index contributed by atoms with van der Waals surface area (Å²) in [7, 11) is 0. The smallest absolute Gasteiger partial charge is 0.420 e. The van der Waals surface area contributed by atoms with Crippen molar-refractivity contribution < 1.29 is 17.9 Å². The SMILES string of the molecule is FC(F)(F)c1cc(Cl)ccc1OC(C1CC1)[C@H]1CCNC1. The van der Waals surface area contributed by atoms with Crippen molar-refractivity contribution in [2.24, 2.45) is 11.8 Å². The van der Waals surface area contributed by atoms with E-state index in [1.165, 1.54) is 12.1 Å². The molecule has 0 amide bonds. The number of halogens is 4. The predicted octanol–water partition coefficient (Wildman–Crippen LogP) is 4.13. The topological polar surface area (TPSA) is 21.3 Å². The second-order valence-electron chi connectivity index (χ2n) is 5.81. The normalized spacial score (nSPS) is 24.1. The molecule has 0 spiro atoms. The summed E-state index contributed by atoms with van der Waals surface area (Å²) >= 11 is 5.70. The lowest BCUT2D eigenvalue weighted by atomic mass is 9.97. The summed E-state index contributed by atoms with van der Waals surface area (Å²) in [6, 6.07) is 3.72. The number of hydrogen-bond donors (Lipinski definition) is 1. The molecule has 1 aromatic rings. The van der Waals surface area contributed by atoms with Crippen molar-refractivity contribution in [3.8, 4) is 5.75 Å². The maximum atomic E-state index is 13.1. The predicted molar refractivity (Wildman–Crippen MR) is 74.6 cm³/mol. The second kappa shape index (κ2) is 5.69. The molecular formula is C15H17ClF3NO. The average molecular weight is 320 g/mol. The van der Waals surface area contributed by atoms with Gasteiger partial charge in [-0.2, -0.15) is 13.2 Å². The van der Waals surface area contributed by atoms with E-state index in [1.54, 1.807) is 0 Å². The van der Waals surface area contributed by atoms with Gasteiger partial charge in [0.05, 0.1) is 5.56 Å². The zero-order valence-electron chi connectivity index (χ0n) is 11.4. The minimum atomic E-state index is -4.46. The highest BCUT2D eigenvalue weighted by Crippen LogP contribution is 2.43. The van der Waals surface area contributed by atoms with Crippen LogP contribution < -0.4 is 10.1 Å². The van der Waals surface area contributed by atoms with E-state index in [4.69, 9.17) is 16.3 Å². The maximum Gasteiger partial charge on any atom is 0.420 e. The summed E-state index contributed by atoms with van der Waals surface area (Å²) < 4.78 is 45.2. The number of rotatable bonds is 4. The molecule has 1 aliphatic heterocycles. The molecule has 0 radical (unpaired) electrons. The monoisotopic (exact) mass is 319 g/mol. The highest BCUT2D eigenvalue weighted by Gasteiger charge is 2.41. The Morgan fingerprint density at radius 1 is 1.19 bits per heavy atom. The Balaban J connectivity index is 1.85. The van der Waals surface area contributed by atoms with Crippen molar-refractivity contribution in [2.45, 2.75) is 31.5 Å². The van der Waals surface area contributed by atoms with E-state index in [0.29, 0.717) is 5.92 Å². The molecule has 2 atom stereocenters. The van der Waals surface area contributed by atoms with E-state index in [-0.39, 0.29) is 22.8 Å². The highest BCUT2D eigenvalue weighted by atomic mass is 35.5. The van der Waals surface area contributed by atoms with Crippen LogP contribution in [0.3, 0.4) is 0 Å². The molecule has 2 aliphatic rings. The van der Waals surface area contributed by atoms with Gasteiger partial charge in [-0.05, 0) is 49.9 Å². The average Bonchev–Trinajstić information content (AvgIpc) is 3.10. The molecule has 1 N–H and O–H groups in total. The summed E-state index contributed by atoms with van der Waals surface area (Å²) in [5, 5.41) is 3.32. The van der Waals surface area contributed by atoms with Gasteiger partial charge in [0.2, 0.25) is 0 Å². The first-order valence-electron chi connectivity index (χ1n) is 7.19. The number of alkyl halides is 3. The zero-order chi connectivity index (χ0) is 15.0. The Kier molecular flexibility index (Phi) is 4.06. The minimum Gasteiger partial charge on any atom is -0.489 e. The van der Waals surface area contributed by atoms with Gasteiger partial charge in [-0.3, -0.25) is 0 Å². The van der Waals surface area contributed by atoms with Crippen LogP contribution >= 0.6 is 11.6 Å². The van der Waals surface area contributed by atoms with Crippen LogP contribution in [0.5, 0.6) is 5.75 Å². The molecule has 0 bridgehead atoms. The van der Waals surface area contributed by atoms with Crippen LogP contribution in [-0.2, 0) is 6.18 Å². The number of benzene rings is 1. The molecular weight excluding hydrogens is 303 g/mol. The van der Waals surface area contributed by atoms with Gasteiger partial charge < -0.3 is 10.1 Å². The van der Waals surface area contributed by atoms with Crippen molar-refractivity contribution >= 4 is 11.6 Å². The van der Waals surface area contributed by atoms with E-state index >= 15 is 0 Å². The fourth-order valence-electron chi connectivity index (χ4n) is 2.93. The van der Waals surface area contributed by atoms with Gasteiger partial charge in [-0.15, -0.1) is 0 Å². The first-order chi connectivity index (χ1) is 9.95. The van der Waals surface area contributed by atoms with Crippen molar-refractivity contribution in [1.29, 1.82) is 0 Å². The molecule has 6 heteroatoms. The summed E-state index contributed by atoms with van der Waals surface area (Å²) in [6.45, 7) is 1.72. The summed E-state index contributed by atoms with van der Waals surface area (Å²) in [5.74, 6) is 0.566. The third kappa shape index (κ3) is 3.46. The Labute approximate surface area is 126 Å². The standard InChI is InChI=1S/C15H17ClF3NO/c16-11-3-4-13(12(7-11)15(17,18)19)21-14(9-1-2-9)10-5-6-20-8-10/h3-4,7,9-10,14,20H,1-2,5-6,8H2/t10-,14?/m0/s1. The van der Waals surface area contributed by atoms with Crippen LogP contribution in [-0.4, -0.2) is 19.2 Å². The van der Waals surface area contributed by atoms with Gasteiger partial charge in [0, 0.05) is 17.5 Å². The second-order valence-corrected chi connectivity index (χ2v) is 6.25. The van der Waals surface area contributed by atoms with E-state index < -0.39 is 11.7 Å². The third-order valence-corrected chi connectivity index (χ3v) is 4.39. The fraction of sp³-hybridized carbons (Fsp3) is 0.600. The minimum absolute atomic E-state index is 0.0696. The lowest BCUT2D eigenvalue weighted by Crippen LogP contribution is -2.31. The highest BCUT2D eigenvalue weighted by molar-refractivity contribution is 6.30. The van der Waals surface area contributed by atoms with E-state index in [9.17, 15) is 13.2 Å². The molecule has 116 valence electrons. The van der Waals surface area contributed by atoms with Crippen LogP contribution in [0.2, 0.25) is 5.02 Å². The van der Waals surface area contributed by atoms with Gasteiger partial charge >= 0.3 is 6.18 Å². The van der Waals surface area contributed by atoms with Crippen molar-refractivity contribution in [2.75, 3.05) is 13.1 Å².